The maximum atomic E-state index is 12.1. The van der Waals surface area contributed by atoms with Gasteiger partial charge in [0.2, 0.25) is 5.91 Å². The summed E-state index contributed by atoms with van der Waals surface area (Å²) >= 11 is 0. The molecule has 1 aliphatic heterocycles. The Morgan fingerprint density at radius 1 is 1.50 bits per heavy atom. The minimum atomic E-state index is -0.194. The van der Waals surface area contributed by atoms with Crippen molar-refractivity contribution in [3.05, 3.63) is 0 Å². The van der Waals surface area contributed by atoms with E-state index >= 15 is 0 Å². The van der Waals surface area contributed by atoms with E-state index < -0.39 is 0 Å². The van der Waals surface area contributed by atoms with Crippen molar-refractivity contribution in [1.29, 1.82) is 0 Å². The molecule has 14 heavy (non-hydrogen) atoms. The average molecular weight is 199 g/mol. The van der Waals surface area contributed by atoms with E-state index in [4.69, 9.17) is 5.73 Å². The zero-order valence-corrected chi connectivity index (χ0v) is 9.18. The van der Waals surface area contributed by atoms with Gasteiger partial charge in [0.1, 0.15) is 0 Å². The first-order chi connectivity index (χ1) is 6.64. The summed E-state index contributed by atoms with van der Waals surface area (Å²) in [6.45, 7) is 6.93. The number of hydrogen-bond donors (Lipinski definition) is 2. The molecule has 0 aromatic heterocycles. The third kappa shape index (κ3) is 2.25. The zero-order chi connectivity index (χ0) is 10.6. The highest BCUT2D eigenvalue weighted by Crippen LogP contribution is 2.29. The van der Waals surface area contributed by atoms with E-state index in [0.29, 0.717) is 13.2 Å². The zero-order valence-electron chi connectivity index (χ0n) is 9.18. The van der Waals surface area contributed by atoms with Gasteiger partial charge in [-0.2, -0.15) is 0 Å². The van der Waals surface area contributed by atoms with Crippen molar-refractivity contribution in [1.82, 2.24) is 10.2 Å². The predicted molar refractivity (Wildman–Crippen MR) is 56.7 cm³/mol. The fourth-order valence-corrected chi connectivity index (χ4v) is 1.93. The molecular formula is C10H21N3O. The monoisotopic (exact) mass is 199 g/mol. The van der Waals surface area contributed by atoms with E-state index in [-0.39, 0.29) is 11.3 Å². The normalized spacial score (nSPS) is 20.5. The summed E-state index contributed by atoms with van der Waals surface area (Å²) < 4.78 is 0. The smallest absolute Gasteiger partial charge is 0.229 e. The van der Waals surface area contributed by atoms with Crippen LogP contribution in [0.15, 0.2) is 0 Å². The Hall–Kier alpha value is -0.610. The molecule has 4 heteroatoms. The summed E-state index contributed by atoms with van der Waals surface area (Å²) in [6, 6.07) is 0. The van der Waals surface area contributed by atoms with Crippen LogP contribution in [0.1, 0.15) is 26.7 Å². The molecule has 1 saturated heterocycles. The van der Waals surface area contributed by atoms with Gasteiger partial charge < -0.3 is 16.0 Å². The maximum Gasteiger partial charge on any atom is 0.229 e. The first kappa shape index (κ1) is 11.5. The van der Waals surface area contributed by atoms with Crippen LogP contribution in [-0.4, -0.2) is 37.1 Å². The van der Waals surface area contributed by atoms with Crippen LogP contribution in [-0.2, 0) is 4.79 Å². The Bertz CT molecular complexity index is 196. The molecule has 1 aliphatic rings. The SMILES string of the molecule is CCN(CN)C(=O)C1(C)CCNCC1. The number of piperidine rings is 1. The fourth-order valence-electron chi connectivity index (χ4n) is 1.93. The molecule has 0 aromatic rings. The largest absolute Gasteiger partial charge is 0.330 e. The number of amides is 1. The summed E-state index contributed by atoms with van der Waals surface area (Å²) in [7, 11) is 0. The summed E-state index contributed by atoms with van der Waals surface area (Å²) in [5.41, 5.74) is 5.35. The number of carbonyl (C=O) groups is 1. The Balaban J connectivity index is 2.64. The van der Waals surface area contributed by atoms with Gasteiger partial charge in [0.05, 0.1) is 6.67 Å². The van der Waals surface area contributed by atoms with Crippen molar-refractivity contribution in [3.8, 4) is 0 Å². The molecule has 1 fully saturated rings. The quantitative estimate of drug-likeness (QED) is 0.636. The van der Waals surface area contributed by atoms with Gasteiger partial charge in [0.25, 0.3) is 0 Å². The van der Waals surface area contributed by atoms with Crippen molar-refractivity contribution in [2.45, 2.75) is 26.7 Å². The lowest BCUT2D eigenvalue weighted by atomic mass is 9.79. The number of nitrogens with two attached hydrogens (primary N) is 1. The minimum Gasteiger partial charge on any atom is -0.330 e. The number of rotatable bonds is 3. The van der Waals surface area contributed by atoms with Crippen LogP contribution in [0.25, 0.3) is 0 Å². The Morgan fingerprint density at radius 3 is 2.50 bits per heavy atom. The average Bonchev–Trinajstić information content (AvgIpc) is 2.20. The van der Waals surface area contributed by atoms with Gasteiger partial charge in [-0.3, -0.25) is 4.79 Å². The fraction of sp³-hybridized carbons (Fsp3) is 0.900. The molecule has 0 atom stereocenters. The third-order valence-corrected chi connectivity index (χ3v) is 3.11. The molecular weight excluding hydrogens is 178 g/mol. The molecule has 4 nitrogen and oxygen atoms in total. The first-order valence-corrected chi connectivity index (χ1v) is 5.34. The lowest BCUT2D eigenvalue weighted by Gasteiger charge is -2.36. The van der Waals surface area contributed by atoms with E-state index in [1.54, 1.807) is 4.90 Å². The Morgan fingerprint density at radius 2 is 2.07 bits per heavy atom. The predicted octanol–water partition coefficient (Wildman–Crippen LogP) is 0.141. The molecule has 0 radical (unpaired) electrons. The van der Waals surface area contributed by atoms with Crippen LogP contribution in [0, 0.1) is 5.41 Å². The van der Waals surface area contributed by atoms with Crippen molar-refractivity contribution >= 4 is 5.91 Å². The second kappa shape index (κ2) is 4.75. The standard InChI is InChI=1S/C10H21N3O/c1-3-13(8-11)9(14)10(2)4-6-12-7-5-10/h12H,3-8,11H2,1-2H3. The van der Waals surface area contributed by atoms with Gasteiger partial charge >= 0.3 is 0 Å². The van der Waals surface area contributed by atoms with Crippen LogP contribution in [0.5, 0.6) is 0 Å². The van der Waals surface area contributed by atoms with E-state index in [1.165, 1.54) is 0 Å². The van der Waals surface area contributed by atoms with Crippen LogP contribution in [0.3, 0.4) is 0 Å². The number of carbonyl (C=O) groups excluding carboxylic acids is 1. The second-order valence-corrected chi connectivity index (χ2v) is 4.15. The van der Waals surface area contributed by atoms with Crippen LogP contribution in [0.2, 0.25) is 0 Å². The molecule has 0 unspecified atom stereocenters. The third-order valence-electron chi connectivity index (χ3n) is 3.11. The van der Waals surface area contributed by atoms with Crippen LogP contribution >= 0.6 is 0 Å². The number of nitrogens with one attached hydrogen (secondary N) is 1. The second-order valence-electron chi connectivity index (χ2n) is 4.15. The van der Waals surface area contributed by atoms with Gasteiger partial charge in [-0.15, -0.1) is 0 Å². The molecule has 1 heterocycles. The summed E-state index contributed by atoms with van der Waals surface area (Å²) in [6.07, 6.45) is 1.84. The van der Waals surface area contributed by atoms with Crippen molar-refractivity contribution in [2.24, 2.45) is 11.1 Å². The molecule has 0 aromatic carbocycles. The highest BCUT2D eigenvalue weighted by Gasteiger charge is 2.36. The van der Waals surface area contributed by atoms with E-state index in [9.17, 15) is 4.79 Å². The summed E-state index contributed by atoms with van der Waals surface area (Å²) in [5.74, 6) is 0.212. The van der Waals surface area contributed by atoms with E-state index in [0.717, 1.165) is 25.9 Å². The molecule has 1 amide bonds. The maximum absolute atomic E-state index is 12.1. The Kier molecular flexibility index (Phi) is 3.89. The van der Waals surface area contributed by atoms with Crippen LogP contribution in [0.4, 0.5) is 0 Å². The van der Waals surface area contributed by atoms with Gasteiger partial charge in [-0.05, 0) is 32.9 Å². The molecule has 1 rings (SSSR count). The molecule has 0 saturated carbocycles. The molecule has 82 valence electrons. The van der Waals surface area contributed by atoms with Crippen LogP contribution < -0.4 is 11.1 Å². The Labute approximate surface area is 85.8 Å². The minimum absolute atomic E-state index is 0.194. The topological polar surface area (TPSA) is 58.4 Å². The molecule has 0 aliphatic carbocycles. The summed E-state index contributed by atoms with van der Waals surface area (Å²) in [4.78, 5) is 13.8. The molecule has 3 N–H and O–H groups in total. The van der Waals surface area contributed by atoms with E-state index in [1.807, 2.05) is 6.92 Å². The van der Waals surface area contributed by atoms with Crippen molar-refractivity contribution < 1.29 is 4.79 Å². The van der Waals surface area contributed by atoms with Crippen molar-refractivity contribution in [3.63, 3.8) is 0 Å². The number of hydrogen-bond acceptors (Lipinski definition) is 3. The first-order valence-electron chi connectivity index (χ1n) is 5.34. The van der Waals surface area contributed by atoms with Gasteiger partial charge in [0.15, 0.2) is 0 Å². The van der Waals surface area contributed by atoms with E-state index in [2.05, 4.69) is 12.2 Å². The van der Waals surface area contributed by atoms with Gasteiger partial charge in [-0.25, -0.2) is 0 Å². The lowest BCUT2D eigenvalue weighted by Crippen LogP contribution is -2.49. The van der Waals surface area contributed by atoms with Gasteiger partial charge in [-0.1, -0.05) is 6.92 Å². The van der Waals surface area contributed by atoms with Crippen molar-refractivity contribution in [2.75, 3.05) is 26.3 Å². The summed E-state index contributed by atoms with van der Waals surface area (Å²) in [5, 5.41) is 3.27. The highest BCUT2D eigenvalue weighted by molar-refractivity contribution is 5.82. The van der Waals surface area contributed by atoms with Gasteiger partial charge in [0, 0.05) is 12.0 Å². The number of nitrogens with zero attached hydrogens (tertiary/aromatic N) is 1. The lowest BCUT2D eigenvalue weighted by molar-refractivity contribution is -0.142. The highest BCUT2D eigenvalue weighted by atomic mass is 16.2. The molecule has 0 spiro atoms. The molecule has 0 bridgehead atoms.